The van der Waals surface area contributed by atoms with Crippen LogP contribution in [0.15, 0.2) is 59.4 Å². The summed E-state index contributed by atoms with van der Waals surface area (Å²) in [5, 5.41) is 0.881. The van der Waals surface area contributed by atoms with Crippen LogP contribution in [-0.2, 0) is 49.2 Å². The molecule has 0 spiro atoms. The first kappa shape index (κ1) is 33.4. The molecule has 0 saturated carbocycles. The third kappa shape index (κ3) is 5.34. The Kier molecular flexibility index (Phi) is 8.47. The fourth-order valence-corrected chi connectivity index (χ4v) is 7.43. The van der Waals surface area contributed by atoms with Gasteiger partial charge in [-0.1, -0.05) is 37.3 Å². The number of rotatable bonds is 7. The van der Waals surface area contributed by atoms with E-state index in [0.29, 0.717) is 34.6 Å². The SMILES string of the molecule is CC[C@@]1(OC(C)=O)C(=O)OCc2c1cc1n(c2=O)Cc2c-1nc1ccc([N+](C)(CC)C(=O)OCc3ccccc3)cc1c2N1CCN(C)CC1. The minimum atomic E-state index is -1.72. The molecule has 50 heavy (non-hydrogen) atoms. The van der Waals surface area contributed by atoms with Crippen LogP contribution < -0.4 is 14.9 Å². The molecule has 260 valence electrons. The Balaban J connectivity index is 1.38. The molecule has 2 aromatic heterocycles. The number of carbonyl (C=O) groups is 3. The normalized spacial score (nSPS) is 19.6. The fourth-order valence-electron chi connectivity index (χ4n) is 7.43. The molecule has 0 aliphatic carbocycles. The summed E-state index contributed by atoms with van der Waals surface area (Å²) in [6.07, 6.45) is -0.254. The van der Waals surface area contributed by atoms with E-state index in [2.05, 4.69) is 16.8 Å². The van der Waals surface area contributed by atoms with Crippen molar-refractivity contribution in [3.63, 3.8) is 0 Å². The highest BCUT2D eigenvalue weighted by atomic mass is 16.6. The Morgan fingerprint density at radius 1 is 1.00 bits per heavy atom. The van der Waals surface area contributed by atoms with Gasteiger partial charge in [-0.25, -0.2) is 9.78 Å². The molecule has 0 bridgehead atoms. The minimum Gasteiger partial charge on any atom is -0.457 e. The summed E-state index contributed by atoms with van der Waals surface area (Å²) in [5.41, 5.74) is 4.05. The van der Waals surface area contributed by atoms with E-state index in [9.17, 15) is 19.2 Å². The number of hydrogen-bond donors (Lipinski definition) is 0. The van der Waals surface area contributed by atoms with Crippen LogP contribution >= 0.6 is 0 Å². The standard InChI is InChI=1S/C38H42N5O7/c1-6-38(50-24(3)44)30-20-32-33-28(21-42(32)35(45)29(30)23-48-36(38)46)34(41-17-15-40(4)16-18-41)27-19-26(13-14-31(27)39-33)43(5,7-2)37(47)49-22-25-11-9-8-10-12-25/h8-14,19-20H,6-7,15-18,21-23H2,1-5H3/q+1/t38-,43?/m0/s1. The van der Waals surface area contributed by atoms with Gasteiger partial charge in [0.05, 0.1) is 48.3 Å². The molecular weight excluding hydrogens is 638 g/mol. The van der Waals surface area contributed by atoms with Crippen molar-refractivity contribution in [2.45, 2.75) is 52.6 Å². The monoisotopic (exact) mass is 680 g/mol. The van der Waals surface area contributed by atoms with E-state index in [1.165, 1.54) is 6.92 Å². The van der Waals surface area contributed by atoms with Crippen molar-refractivity contribution in [1.29, 1.82) is 0 Å². The number of cyclic esters (lactones) is 1. The van der Waals surface area contributed by atoms with Crippen molar-refractivity contribution in [1.82, 2.24) is 18.9 Å². The summed E-state index contributed by atoms with van der Waals surface area (Å²) in [5.74, 6) is -1.34. The van der Waals surface area contributed by atoms with Gasteiger partial charge >= 0.3 is 18.0 Å². The highest BCUT2D eigenvalue weighted by Gasteiger charge is 2.50. The summed E-state index contributed by atoms with van der Waals surface area (Å²) in [6.45, 7) is 8.88. The number of nitrogens with zero attached hydrogens (tertiary/aromatic N) is 5. The number of esters is 2. The van der Waals surface area contributed by atoms with E-state index in [1.807, 2.05) is 62.5 Å². The van der Waals surface area contributed by atoms with Crippen LogP contribution in [0.1, 0.15) is 49.4 Å². The number of hydrogen-bond acceptors (Lipinski definition) is 10. The molecule has 1 fully saturated rings. The predicted octanol–water partition coefficient (Wildman–Crippen LogP) is 4.70. The molecule has 2 aromatic carbocycles. The summed E-state index contributed by atoms with van der Waals surface area (Å²) in [7, 11) is 3.96. The lowest BCUT2D eigenvalue weighted by Gasteiger charge is -2.36. The smallest absolute Gasteiger partial charge is 0.457 e. The van der Waals surface area contributed by atoms with Crippen molar-refractivity contribution < 1.29 is 28.6 Å². The second-order valence-corrected chi connectivity index (χ2v) is 13.5. The van der Waals surface area contributed by atoms with Crippen LogP contribution in [0.25, 0.3) is 22.3 Å². The van der Waals surface area contributed by atoms with E-state index < -0.39 is 17.5 Å². The lowest BCUT2D eigenvalue weighted by molar-refractivity contribution is -0.188. The van der Waals surface area contributed by atoms with Crippen LogP contribution in [0.4, 0.5) is 16.2 Å². The van der Waals surface area contributed by atoms with E-state index in [0.717, 1.165) is 54.1 Å². The number of anilines is 1. The molecule has 2 atom stereocenters. The van der Waals surface area contributed by atoms with Gasteiger partial charge in [-0.05, 0) is 38.1 Å². The van der Waals surface area contributed by atoms with Crippen molar-refractivity contribution in [2.75, 3.05) is 51.7 Å². The Labute approximate surface area is 290 Å². The number of likely N-dealkylation sites (N-methyl/N-ethyl adjacent to an activating group) is 1. The lowest BCUT2D eigenvalue weighted by Crippen LogP contribution is -2.50. The topological polar surface area (TPSA) is 120 Å². The molecule has 3 aliphatic heterocycles. The van der Waals surface area contributed by atoms with Crippen LogP contribution in [-0.4, -0.2) is 79.3 Å². The van der Waals surface area contributed by atoms with Gasteiger partial charge in [0, 0.05) is 61.7 Å². The maximum absolute atomic E-state index is 14.2. The van der Waals surface area contributed by atoms with Crippen molar-refractivity contribution in [2.24, 2.45) is 0 Å². The van der Waals surface area contributed by atoms with Crippen molar-refractivity contribution in [3.05, 3.63) is 87.2 Å². The number of piperazine rings is 1. The number of benzene rings is 2. The van der Waals surface area contributed by atoms with E-state index in [1.54, 1.807) is 17.6 Å². The maximum Gasteiger partial charge on any atom is 0.521 e. The molecule has 0 radical (unpaired) electrons. The molecule has 1 saturated heterocycles. The molecule has 12 nitrogen and oxygen atoms in total. The largest absolute Gasteiger partial charge is 0.521 e. The van der Waals surface area contributed by atoms with Crippen LogP contribution in [0.5, 0.6) is 0 Å². The van der Waals surface area contributed by atoms with Crippen LogP contribution in [0.3, 0.4) is 0 Å². The molecule has 4 aromatic rings. The fraction of sp³-hybridized carbons (Fsp3) is 0.395. The number of quaternary nitrogens is 1. The summed E-state index contributed by atoms with van der Waals surface area (Å²) >= 11 is 0. The second kappa shape index (κ2) is 12.7. The van der Waals surface area contributed by atoms with Gasteiger partial charge in [0.2, 0.25) is 5.60 Å². The minimum absolute atomic E-state index is 0.0717. The van der Waals surface area contributed by atoms with Gasteiger partial charge < -0.3 is 28.6 Å². The van der Waals surface area contributed by atoms with E-state index >= 15 is 0 Å². The van der Waals surface area contributed by atoms with Gasteiger partial charge in [-0.15, -0.1) is 0 Å². The summed E-state index contributed by atoms with van der Waals surface area (Å²) in [4.78, 5) is 63.1. The zero-order valence-corrected chi connectivity index (χ0v) is 29.2. The number of carbonyl (C=O) groups excluding carboxylic acids is 3. The Morgan fingerprint density at radius 3 is 2.42 bits per heavy atom. The zero-order valence-electron chi connectivity index (χ0n) is 29.2. The number of ether oxygens (including phenoxy) is 3. The number of amides is 1. The van der Waals surface area contributed by atoms with Gasteiger partial charge in [0.15, 0.2) is 0 Å². The maximum atomic E-state index is 14.2. The Hall–Kier alpha value is -5.07. The molecule has 1 unspecified atom stereocenters. The molecule has 0 N–H and O–H groups in total. The molecule has 1 amide bonds. The first-order valence-corrected chi connectivity index (χ1v) is 17.1. The number of pyridine rings is 2. The molecule has 12 heteroatoms. The van der Waals surface area contributed by atoms with Gasteiger partial charge in [0.1, 0.15) is 18.9 Å². The third-order valence-electron chi connectivity index (χ3n) is 10.6. The van der Waals surface area contributed by atoms with E-state index in [-0.39, 0.29) is 42.3 Å². The third-order valence-corrected chi connectivity index (χ3v) is 10.6. The molecule has 3 aliphatic rings. The average Bonchev–Trinajstić information content (AvgIpc) is 3.49. The quantitative estimate of drug-likeness (QED) is 0.136. The van der Waals surface area contributed by atoms with Gasteiger partial charge in [0.25, 0.3) is 5.56 Å². The van der Waals surface area contributed by atoms with Crippen LogP contribution in [0.2, 0.25) is 0 Å². The van der Waals surface area contributed by atoms with Gasteiger partial charge in [-0.2, -0.15) is 9.28 Å². The number of fused-ring (bicyclic) bond motifs is 5. The number of aromatic nitrogens is 2. The second-order valence-electron chi connectivity index (χ2n) is 13.5. The highest BCUT2D eigenvalue weighted by molar-refractivity contribution is 6.00. The van der Waals surface area contributed by atoms with Crippen molar-refractivity contribution in [3.8, 4) is 11.4 Å². The molecular formula is C38H42N5O7+. The molecule has 7 rings (SSSR count). The zero-order chi connectivity index (χ0) is 35.4. The van der Waals surface area contributed by atoms with Crippen molar-refractivity contribution >= 4 is 40.3 Å². The van der Waals surface area contributed by atoms with Crippen LogP contribution in [0, 0.1) is 0 Å². The highest BCUT2D eigenvalue weighted by Crippen LogP contribution is 2.45. The predicted molar refractivity (Wildman–Crippen MR) is 189 cm³/mol. The average molecular weight is 681 g/mol. The van der Waals surface area contributed by atoms with E-state index in [4.69, 9.17) is 19.2 Å². The molecule has 5 heterocycles. The Morgan fingerprint density at radius 2 is 1.74 bits per heavy atom. The van der Waals surface area contributed by atoms with Gasteiger partial charge in [-0.3, -0.25) is 9.59 Å². The first-order chi connectivity index (χ1) is 24.0. The Bertz CT molecular complexity index is 2090. The lowest BCUT2D eigenvalue weighted by atomic mass is 9.85. The first-order valence-electron chi connectivity index (χ1n) is 17.1. The summed E-state index contributed by atoms with van der Waals surface area (Å²) < 4.78 is 18.5. The summed E-state index contributed by atoms with van der Waals surface area (Å²) in [6, 6.07) is 17.3.